The van der Waals surface area contributed by atoms with E-state index in [-0.39, 0.29) is 28.6 Å². The average molecular weight is 873 g/mol. The van der Waals surface area contributed by atoms with Crippen LogP contribution in [0, 0.1) is 0 Å². The predicted molar refractivity (Wildman–Crippen MR) is 259 cm³/mol. The summed E-state index contributed by atoms with van der Waals surface area (Å²) in [5.41, 5.74) is 6.05. The summed E-state index contributed by atoms with van der Waals surface area (Å²) in [6.45, 7) is 21.7. The van der Waals surface area contributed by atoms with E-state index in [1.165, 1.54) is 11.1 Å². The molecular formula is C55H54BrNO4. The molecule has 0 unspecified atom stereocenters. The molecule has 8 aromatic carbocycles. The molecule has 0 aliphatic heterocycles. The highest BCUT2D eigenvalue weighted by molar-refractivity contribution is 9.10. The van der Waals surface area contributed by atoms with Gasteiger partial charge in [0.2, 0.25) is 0 Å². The van der Waals surface area contributed by atoms with E-state index in [0.29, 0.717) is 39.5 Å². The Morgan fingerprint density at radius 2 is 1.07 bits per heavy atom. The summed E-state index contributed by atoms with van der Waals surface area (Å²) in [7, 11) is 1.85. The molecule has 310 valence electrons. The molecule has 0 fully saturated rings. The van der Waals surface area contributed by atoms with Crippen molar-refractivity contribution in [3.63, 3.8) is 0 Å². The summed E-state index contributed by atoms with van der Waals surface area (Å²) in [6.07, 6.45) is 0.847. The normalized spacial score (nSPS) is 12.4. The lowest BCUT2D eigenvalue weighted by molar-refractivity contribution is 0.0994. The minimum atomic E-state index is -0.241. The van der Waals surface area contributed by atoms with Gasteiger partial charge in [-0.25, -0.2) is 0 Å². The van der Waals surface area contributed by atoms with Crippen molar-refractivity contribution in [3.05, 3.63) is 147 Å². The van der Waals surface area contributed by atoms with E-state index < -0.39 is 0 Å². The number of halogens is 1. The van der Waals surface area contributed by atoms with Crippen LogP contribution in [-0.4, -0.2) is 19.2 Å². The van der Waals surface area contributed by atoms with Crippen LogP contribution in [0.4, 0.5) is 5.69 Å². The third-order valence-corrected chi connectivity index (χ3v) is 12.8. The molecule has 0 saturated heterocycles. The van der Waals surface area contributed by atoms with Crippen molar-refractivity contribution in [2.45, 2.75) is 91.9 Å². The van der Waals surface area contributed by atoms with Crippen LogP contribution in [0.15, 0.2) is 114 Å². The van der Waals surface area contributed by atoms with Gasteiger partial charge in [0.05, 0.1) is 11.3 Å². The van der Waals surface area contributed by atoms with E-state index in [1.807, 2.05) is 43.4 Å². The number of hydrogen-bond acceptors (Lipinski definition) is 4. The van der Waals surface area contributed by atoms with Crippen molar-refractivity contribution in [1.82, 2.24) is 0 Å². The van der Waals surface area contributed by atoms with Crippen LogP contribution in [0.25, 0.3) is 43.1 Å². The fraction of sp³-hybridized carbons (Fsp3) is 0.273. The van der Waals surface area contributed by atoms with Gasteiger partial charge in [-0.05, 0) is 109 Å². The maximum atomic E-state index is 15.6. The molecule has 0 aliphatic carbocycles. The minimum Gasteiger partial charge on any atom is -0.457 e. The summed E-state index contributed by atoms with van der Waals surface area (Å²) in [5.74, 6) is 2.39. The third-order valence-electron chi connectivity index (χ3n) is 12.1. The summed E-state index contributed by atoms with van der Waals surface area (Å²) in [5, 5.41) is 6.81. The van der Waals surface area contributed by atoms with Gasteiger partial charge in [-0.3, -0.25) is 9.59 Å². The Balaban J connectivity index is 1.50. The Hall–Kier alpha value is -5.72. The number of hydrogen-bond donors (Lipinski definition) is 0. The number of carbonyl (C=O) groups is 2. The fourth-order valence-electron chi connectivity index (χ4n) is 8.84. The zero-order valence-electron chi connectivity index (χ0n) is 37.1. The summed E-state index contributed by atoms with van der Waals surface area (Å²) in [4.78, 5) is 30.9. The van der Waals surface area contributed by atoms with Gasteiger partial charge in [0.1, 0.15) is 23.0 Å². The van der Waals surface area contributed by atoms with E-state index in [4.69, 9.17) is 9.47 Å². The van der Waals surface area contributed by atoms with Gasteiger partial charge in [-0.2, -0.15) is 0 Å². The number of rotatable bonds is 9. The van der Waals surface area contributed by atoms with E-state index in [9.17, 15) is 4.79 Å². The number of para-hydroxylation sites is 1. The molecule has 8 aromatic rings. The first-order chi connectivity index (χ1) is 28.9. The Kier molecular flexibility index (Phi) is 10.8. The maximum absolute atomic E-state index is 15.6. The Bertz CT molecular complexity index is 2940. The van der Waals surface area contributed by atoms with Crippen LogP contribution in [0.5, 0.6) is 23.0 Å². The average Bonchev–Trinajstić information content (AvgIpc) is 3.22. The van der Waals surface area contributed by atoms with Crippen LogP contribution < -0.4 is 14.4 Å². The number of fused-ring (bicyclic) bond motifs is 2. The molecule has 5 nitrogen and oxygen atoms in total. The van der Waals surface area contributed by atoms with E-state index >= 15 is 4.79 Å². The first kappa shape index (κ1) is 42.0. The highest BCUT2D eigenvalue weighted by Crippen LogP contribution is 2.52. The highest BCUT2D eigenvalue weighted by Gasteiger charge is 2.30. The zero-order valence-corrected chi connectivity index (χ0v) is 38.7. The van der Waals surface area contributed by atoms with E-state index in [1.54, 1.807) is 11.0 Å². The molecule has 8 rings (SSSR count). The van der Waals surface area contributed by atoms with Crippen molar-refractivity contribution in [1.29, 1.82) is 0 Å². The topological polar surface area (TPSA) is 55.8 Å². The zero-order chi connectivity index (χ0) is 43.7. The largest absolute Gasteiger partial charge is 0.457 e. The first-order valence-electron chi connectivity index (χ1n) is 21.2. The van der Waals surface area contributed by atoms with E-state index in [2.05, 4.69) is 152 Å². The Morgan fingerprint density at radius 1 is 0.590 bits per heavy atom. The fourth-order valence-corrected chi connectivity index (χ4v) is 9.31. The molecule has 0 aliphatic rings. The lowest BCUT2D eigenvalue weighted by Gasteiger charge is -2.28. The maximum Gasteiger partial charge on any atom is 0.258 e. The lowest BCUT2D eigenvalue weighted by Crippen LogP contribution is -2.29. The molecule has 0 N–H and O–H groups in total. The second-order valence-corrected chi connectivity index (χ2v) is 19.9. The molecule has 0 atom stereocenters. The smallest absolute Gasteiger partial charge is 0.258 e. The molecule has 1 amide bonds. The molecule has 0 radical (unpaired) electrons. The number of carbonyl (C=O) groups excluding carboxylic acids is 2. The van der Waals surface area contributed by atoms with Crippen molar-refractivity contribution in [3.8, 4) is 23.0 Å². The highest BCUT2D eigenvalue weighted by atomic mass is 79.9. The summed E-state index contributed by atoms with van der Waals surface area (Å²) < 4.78 is 14.8. The molecule has 6 heteroatoms. The van der Waals surface area contributed by atoms with Gasteiger partial charge in [-0.1, -0.05) is 152 Å². The van der Waals surface area contributed by atoms with Crippen LogP contribution in [-0.2, 0) is 10.8 Å². The van der Waals surface area contributed by atoms with Crippen LogP contribution >= 0.6 is 15.9 Å². The van der Waals surface area contributed by atoms with Gasteiger partial charge < -0.3 is 14.4 Å². The van der Waals surface area contributed by atoms with Crippen LogP contribution in [0.3, 0.4) is 0 Å². The van der Waals surface area contributed by atoms with Crippen molar-refractivity contribution in [2.75, 3.05) is 11.9 Å². The van der Waals surface area contributed by atoms with Crippen molar-refractivity contribution < 1.29 is 19.1 Å². The van der Waals surface area contributed by atoms with Crippen molar-refractivity contribution >= 4 is 76.9 Å². The number of amides is 1. The lowest BCUT2D eigenvalue weighted by atomic mass is 9.85. The number of aldehydes is 1. The van der Waals surface area contributed by atoms with E-state index in [0.717, 1.165) is 65.3 Å². The minimum absolute atomic E-state index is 0.0367. The molecule has 0 aromatic heterocycles. The quantitative estimate of drug-likeness (QED) is 0.0824. The van der Waals surface area contributed by atoms with Gasteiger partial charge in [0.15, 0.2) is 6.29 Å². The number of nitrogens with zero attached hydrogens (tertiary/aromatic N) is 1. The Morgan fingerprint density at radius 3 is 1.56 bits per heavy atom. The van der Waals surface area contributed by atoms with Gasteiger partial charge >= 0.3 is 0 Å². The molecule has 61 heavy (non-hydrogen) atoms. The first-order valence-corrected chi connectivity index (χ1v) is 22.0. The molecule has 0 saturated carbocycles. The number of ether oxygens (including phenoxy) is 2. The number of benzene rings is 8. The summed E-state index contributed by atoms with van der Waals surface area (Å²) >= 11 is 3.85. The SMILES string of the molecule is CC(C)c1cccc(C(C)C)c1N(C)C(=O)c1cc(Oc2ccc(C(C)(C)C)cc2)c2c3ccc(Br)c4cccc(c5c(Oc6ccc(C(C)(C)C)cc6)cc(C=O)c1c52)c43. The van der Waals surface area contributed by atoms with Crippen molar-refractivity contribution in [2.24, 2.45) is 0 Å². The molecule has 0 heterocycles. The second kappa shape index (κ2) is 15.6. The molecule has 0 spiro atoms. The van der Waals surface area contributed by atoms with Gasteiger partial charge in [0, 0.05) is 38.6 Å². The third kappa shape index (κ3) is 7.43. The second-order valence-electron chi connectivity index (χ2n) is 19.0. The van der Waals surface area contributed by atoms with Gasteiger partial charge in [0.25, 0.3) is 5.91 Å². The number of anilines is 1. The Labute approximate surface area is 368 Å². The van der Waals surface area contributed by atoms with Gasteiger partial charge in [-0.15, -0.1) is 0 Å². The van der Waals surface area contributed by atoms with Crippen LogP contribution in [0.2, 0.25) is 0 Å². The van der Waals surface area contributed by atoms with Crippen LogP contribution in [0.1, 0.15) is 124 Å². The predicted octanol–water partition coefficient (Wildman–Crippen LogP) is 16.0. The molecular weight excluding hydrogens is 819 g/mol. The monoisotopic (exact) mass is 871 g/mol. The molecule has 0 bridgehead atoms. The standard InChI is InChI=1S/C55H54BrNO4/c1-31(2)38-14-12-15-39(32(3)4)52(38)57(11)53(59)43-29-46(61-37-24-20-35(21-25-37)55(8,9)10)50-42-26-27-44(56)40-16-13-17-41(48(40)42)49-45(28-33(30-58)47(43)51(49)50)60-36-22-18-34(19-23-36)54(5,6)7/h12-32H,1-11H3. The summed E-state index contributed by atoms with van der Waals surface area (Å²) in [6, 6.07) is 36.7.